The van der Waals surface area contributed by atoms with Gasteiger partial charge < -0.3 is 10.0 Å². The quantitative estimate of drug-likeness (QED) is 0.648. The Kier molecular flexibility index (Phi) is 6.43. The molecule has 1 fully saturated rings. The Bertz CT molecular complexity index is 1190. The van der Waals surface area contributed by atoms with E-state index in [1.54, 1.807) is 36.5 Å². The van der Waals surface area contributed by atoms with Crippen LogP contribution in [-0.2, 0) is 0 Å². The van der Waals surface area contributed by atoms with E-state index in [2.05, 4.69) is 34.9 Å². The molecule has 0 aliphatic carbocycles. The molecule has 0 saturated carbocycles. The molecule has 0 unspecified atom stereocenters. The summed E-state index contributed by atoms with van der Waals surface area (Å²) in [6.45, 7) is 9.55. The molecular weight excluding hydrogens is 416 g/mol. The van der Waals surface area contributed by atoms with Gasteiger partial charge >= 0.3 is 0 Å². The van der Waals surface area contributed by atoms with Crippen LogP contribution in [0.15, 0.2) is 42.7 Å². The molecule has 1 N–H and O–H groups in total. The zero-order valence-electron chi connectivity index (χ0n) is 19.2. The maximum atomic E-state index is 13.0. The van der Waals surface area contributed by atoms with Crippen LogP contribution >= 0.6 is 0 Å². The fourth-order valence-electron chi connectivity index (χ4n) is 4.35. The SMILES string of the molecule is CCCN1CCN(C(=O)c2ccc(-n3ncc(-c4ccc(C#N)cc4C)c3O)nc2)C[C@@H]1C. The molecule has 0 spiro atoms. The molecular formula is C25H28N6O2. The number of carbonyl (C=O) groups excluding carboxylic acids is 1. The van der Waals surface area contributed by atoms with Crippen molar-refractivity contribution < 1.29 is 9.90 Å². The third-order valence-corrected chi connectivity index (χ3v) is 6.16. The van der Waals surface area contributed by atoms with Crippen molar-refractivity contribution >= 4 is 5.91 Å². The fraction of sp³-hybridized carbons (Fsp3) is 0.360. The first-order chi connectivity index (χ1) is 15.9. The van der Waals surface area contributed by atoms with E-state index in [-0.39, 0.29) is 11.8 Å². The van der Waals surface area contributed by atoms with E-state index < -0.39 is 0 Å². The minimum atomic E-state index is -0.0461. The predicted octanol–water partition coefficient (Wildman–Crippen LogP) is 3.38. The molecule has 1 amide bonds. The number of piperazine rings is 1. The summed E-state index contributed by atoms with van der Waals surface area (Å²) in [5.41, 5.74) is 3.29. The van der Waals surface area contributed by atoms with E-state index >= 15 is 0 Å². The van der Waals surface area contributed by atoms with E-state index in [9.17, 15) is 9.90 Å². The maximum absolute atomic E-state index is 13.0. The van der Waals surface area contributed by atoms with Crippen LogP contribution in [0.5, 0.6) is 5.88 Å². The van der Waals surface area contributed by atoms with Gasteiger partial charge in [0.2, 0.25) is 5.88 Å². The summed E-state index contributed by atoms with van der Waals surface area (Å²) in [7, 11) is 0. The monoisotopic (exact) mass is 444 g/mol. The van der Waals surface area contributed by atoms with Gasteiger partial charge in [-0.2, -0.15) is 15.0 Å². The Morgan fingerprint density at radius 1 is 1.21 bits per heavy atom. The van der Waals surface area contributed by atoms with Gasteiger partial charge in [0.05, 0.1) is 29.0 Å². The van der Waals surface area contributed by atoms with Crippen molar-refractivity contribution in [3.8, 4) is 28.9 Å². The van der Waals surface area contributed by atoms with E-state index in [1.165, 1.54) is 10.9 Å². The van der Waals surface area contributed by atoms with Crippen LogP contribution in [0.2, 0.25) is 0 Å². The highest BCUT2D eigenvalue weighted by atomic mass is 16.3. The van der Waals surface area contributed by atoms with E-state index in [0.717, 1.165) is 30.6 Å². The Morgan fingerprint density at radius 3 is 2.67 bits per heavy atom. The standard InChI is InChI=1S/C25H28N6O2/c1-4-9-29-10-11-30(16-18(29)3)24(32)20-6-8-23(27-14-20)31-25(33)22(15-28-31)21-7-5-19(13-26)12-17(21)2/h5-8,12,14-15,18,33H,4,9-11,16H2,1-3H3/t18-/m0/s1. The van der Waals surface area contributed by atoms with Gasteiger partial charge in [0.25, 0.3) is 5.91 Å². The molecule has 1 aliphatic rings. The van der Waals surface area contributed by atoms with E-state index in [1.807, 2.05) is 11.8 Å². The number of aryl methyl sites for hydroxylation is 1. The zero-order chi connectivity index (χ0) is 23.5. The highest BCUT2D eigenvalue weighted by Crippen LogP contribution is 2.33. The molecule has 0 bridgehead atoms. The van der Waals surface area contributed by atoms with Crippen LogP contribution in [0, 0.1) is 18.3 Å². The molecule has 0 radical (unpaired) electrons. The summed E-state index contributed by atoms with van der Waals surface area (Å²) < 4.78 is 1.34. The number of rotatable bonds is 5. The Hall–Kier alpha value is -3.70. The van der Waals surface area contributed by atoms with E-state index in [0.29, 0.717) is 41.6 Å². The zero-order valence-corrected chi connectivity index (χ0v) is 19.2. The molecule has 4 rings (SSSR count). The lowest BCUT2D eigenvalue weighted by molar-refractivity contribution is 0.0515. The van der Waals surface area contributed by atoms with Crippen molar-refractivity contribution in [1.82, 2.24) is 24.6 Å². The van der Waals surface area contributed by atoms with Gasteiger partial charge in [-0.05, 0) is 62.2 Å². The van der Waals surface area contributed by atoms with E-state index in [4.69, 9.17) is 5.26 Å². The number of nitriles is 1. The first-order valence-electron chi connectivity index (χ1n) is 11.2. The maximum Gasteiger partial charge on any atom is 0.255 e. The summed E-state index contributed by atoms with van der Waals surface area (Å²) in [6, 6.07) is 11.1. The second kappa shape index (κ2) is 9.43. The summed E-state index contributed by atoms with van der Waals surface area (Å²) >= 11 is 0. The van der Waals surface area contributed by atoms with Gasteiger partial charge in [-0.25, -0.2) is 4.98 Å². The summed E-state index contributed by atoms with van der Waals surface area (Å²) in [5.74, 6) is 0.341. The molecule has 1 aromatic carbocycles. The van der Waals surface area contributed by atoms with Gasteiger partial charge in [0.1, 0.15) is 0 Å². The number of hydrogen-bond acceptors (Lipinski definition) is 6. The molecule has 1 aliphatic heterocycles. The van der Waals surface area contributed by atoms with Crippen molar-refractivity contribution in [2.75, 3.05) is 26.2 Å². The Balaban J connectivity index is 1.51. The lowest BCUT2D eigenvalue weighted by atomic mass is 10.0. The summed E-state index contributed by atoms with van der Waals surface area (Å²) in [5, 5.41) is 24.1. The number of aromatic hydroxyl groups is 1. The van der Waals surface area contributed by atoms with Gasteiger partial charge in [-0.1, -0.05) is 13.0 Å². The highest BCUT2D eigenvalue weighted by molar-refractivity contribution is 5.94. The third-order valence-electron chi connectivity index (χ3n) is 6.16. The summed E-state index contributed by atoms with van der Waals surface area (Å²) in [4.78, 5) is 21.7. The second-order valence-electron chi connectivity index (χ2n) is 8.48. The first kappa shape index (κ1) is 22.5. The van der Waals surface area contributed by atoms with Crippen molar-refractivity contribution in [3.63, 3.8) is 0 Å². The third kappa shape index (κ3) is 4.45. The number of nitrogens with zero attached hydrogens (tertiary/aromatic N) is 6. The molecule has 33 heavy (non-hydrogen) atoms. The van der Waals surface area contributed by atoms with Gasteiger partial charge in [0, 0.05) is 31.9 Å². The lowest BCUT2D eigenvalue weighted by Crippen LogP contribution is -2.53. The Morgan fingerprint density at radius 2 is 2.03 bits per heavy atom. The lowest BCUT2D eigenvalue weighted by Gasteiger charge is -2.39. The summed E-state index contributed by atoms with van der Waals surface area (Å²) in [6.07, 6.45) is 4.21. The normalized spacial score (nSPS) is 16.5. The predicted molar refractivity (Wildman–Crippen MR) is 125 cm³/mol. The first-order valence-corrected chi connectivity index (χ1v) is 11.2. The smallest absolute Gasteiger partial charge is 0.255 e. The van der Waals surface area contributed by atoms with Crippen LogP contribution in [0.1, 0.15) is 41.8 Å². The van der Waals surface area contributed by atoms with Gasteiger partial charge in [-0.3, -0.25) is 9.69 Å². The fourth-order valence-corrected chi connectivity index (χ4v) is 4.35. The molecule has 2 aromatic heterocycles. The number of benzene rings is 1. The minimum Gasteiger partial charge on any atom is -0.493 e. The molecule has 170 valence electrons. The van der Waals surface area contributed by atoms with Crippen molar-refractivity contribution in [3.05, 3.63) is 59.4 Å². The van der Waals surface area contributed by atoms with Crippen molar-refractivity contribution in [2.24, 2.45) is 0 Å². The second-order valence-corrected chi connectivity index (χ2v) is 8.48. The molecule has 3 aromatic rings. The van der Waals surface area contributed by atoms with Crippen LogP contribution in [-0.4, -0.2) is 67.8 Å². The number of hydrogen-bond donors (Lipinski definition) is 1. The molecule has 8 heteroatoms. The molecule has 8 nitrogen and oxygen atoms in total. The number of pyridine rings is 1. The van der Waals surface area contributed by atoms with Crippen molar-refractivity contribution in [2.45, 2.75) is 33.2 Å². The van der Waals surface area contributed by atoms with Crippen LogP contribution in [0.3, 0.4) is 0 Å². The topological polar surface area (TPSA) is 98.3 Å². The van der Waals surface area contributed by atoms with Crippen LogP contribution in [0.4, 0.5) is 0 Å². The highest BCUT2D eigenvalue weighted by Gasteiger charge is 2.27. The molecule has 1 saturated heterocycles. The molecule has 1 atom stereocenters. The minimum absolute atomic E-state index is 0.0318. The average molecular weight is 445 g/mol. The largest absolute Gasteiger partial charge is 0.493 e. The number of aromatic nitrogens is 3. The van der Waals surface area contributed by atoms with Crippen LogP contribution < -0.4 is 0 Å². The average Bonchev–Trinajstić information content (AvgIpc) is 3.21. The van der Waals surface area contributed by atoms with Gasteiger partial charge in [-0.15, -0.1) is 0 Å². The van der Waals surface area contributed by atoms with Gasteiger partial charge in [0.15, 0.2) is 5.82 Å². The number of amides is 1. The molecule has 3 heterocycles. The van der Waals surface area contributed by atoms with Crippen LogP contribution in [0.25, 0.3) is 16.9 Å². The van der Waals surface area contributed by atoms with Crippen molar-refractivity contribution in [1.29, 1.82) is 5.26 Å². The Labute approximate surface area is 193 Å². The number of carbonyl (C=O) groups is 1.